The van der Waals surface area contributed by atoms with Crippen LogP contribution >= 0.6 is 0 Å². The number of nitriles is 1. The van der Waals surface area contributed by atoms with Crippen LogP contribution in [0.5, 0.6) is 5.88 Å². The second-order valence-corrected chi connectivity index (χ2v) is 10.4. The van der Waals surface area contributed by atoms with Crippen LogP contribution in [0.4, 0.5) is 10.2 Å². The molecule has 3 aliphatic rings. The lowest BCUT2D eigenvalue weighted by molar-refractivity contribution is -0.00884. The zero-order valence-electron chi connectivity index (χ0n) is 22.1. The fourth-order valence-electron chi connectivity index (χ4n) is 5.50. The van der Waals surface area contributed by atoms with Gasteiger partial charge in [0.2, 0.25) is 5.88 Å². The van der Waals surface area contributed by atoms with Crippen molar-refractivity contribution < 1.29 is 9.13 Å². The van der Waals surface area contributed by atoms with Gasteiger partial charge in [-0.1, -0.05) is 25.7 Å². The zero-order valence-corrected chi connectivity index (χ0v) is 22.1. The minimum atomic E-state index is -0.431. The molecule has 9 heteroatoms. The highest BCUT2D eigenvalue weighted by Crippen LogP contribution is 2.36. The van der Waals surface area contributed by atoms with E-state index >= 15 is 0 Å². The molecule has 0 radical (unpaired) electrons. The number of ether oxygens (including phenoxy) is 1. The Bertz CT molecular complexity index is 1630. The molecule has 0 N–H and O–H groups in total. The molecule has 2 unspecified atom stereocenters. The molecule has 3 saturated heterocycles. The van der Waals surface area contributed by atoms with Gasteiger partial charge in [0.05, 0.1) is 24.4 Å². The maximum atomic E-state index is 14.1. The van der Waals surface area contributed by atoms with Gasteiger partial charge >= 0.3 is 0 Å². The van der Waals surface area contributed by atoms with Crippen LogP contribution in [0.3, 0.4) is 0 Å². The molecule has 2 bridgehead atoms. The first-order valence-corrected chi connectivity index (χ1v) is 13.0. The maximum Gasteiger partial charge on any atom is 0.250 e. The van der Waals surface area contributed by atoms with Gasteiger partial charge in [0.1, 0.15) is 11.9 Å². The van der Waals surface area contributed by atoms with Crippen LogP contribution in [0.15, 0.2) is 49.1 Å². The van der Waals surface area contributed by atoms with E-state index in [2.05, 4.69) is 57.7 Å². The van der Waals surface area contributed by atoms with E-state index in [1.54, 1.807) is 16.9 Å². The Hall–Kier alpha value is -4.47. The summed E-state index contributed by atoms with van der Waals surface area (Å²) in [7, 11) is 1.42. The van der Waals surface area contributed by atoms with Crippen LogP contribution in [0, 0.1) is 34.9 Å². The Labute approximate surface area is 226 Å². The largest absolute Gasteiger partial charge is 0.479 e. The molecule has 0 saturated carbocycles. The number of pyridine rings is 3. The number of hydrogen-bond donors (Lipinski definition) is 0. The van der Waals surface area contributed by atoms with Gasteiger partial charge in [-0.3, -0.25) is 4.90 Å². The van der Waals surface area contributed by atoms with E-state index in [0.717, 1.165) is 53.1 Å². The van der Waals surface area contributed by atoms with Crippen molar-refractivity contribution in [2.75, 3.05) is 25.1 Å². The molecule has 0 spiro atoms. The monoisotopic (exact) mass is 521 g/mol. The fourth-order valence-corrected chi connectivity index (χ4v) is 5.50. The van der Waals surface area contributed by atoms with Crippen LogP contribution in [-0.4, -0.2) is 56.8 Å². The van der Waals surface area contributed by atoms with Gasteiger partial charge in [-0.15, -0.1) is 0 Å². The Morgan fingerprint density at radius 2 is 1.95 bits per heavy atom. The smallest absolute Gasteiger partial charge is 0.250 e. The lowest BCUT2D eigenvalue weighted by Gasteiger charge is -2.56. The van der Waals surface area contributed by atoms with Gasteiger partial charge in [0, 0.05) is 72.9 Å². The molecule has 7 heterocycles. The Morgan fingerprint density at radius 3 is 2.62 bits per heavy atom. The topological polar surface area (TPSA) is 82.6 Å². The van der Waals surface area contributed by atoms with E-state index < -0.39 is 5.82 Å². The van der Waals surface area contributed by atoms with Gasteiger partial charge in [-0.05, 0) is 36.2 Å². The third-order valence-electron chi connectivity index (χ3n) is 7.39. The minimum absolute atomic E-state index is 0.0243. The van der Waals surface area contributed by atoms with Gasteiger partial charge in [0.25, 0.3) is 0 Å². The summed E-state index contributed by atoms with van der Waals surface area (Å²) in [5.74, 6) is 7.19. The maximum absolute atomic E-state index is 14.1. The summed E-state index contributed by atoms with van der Waals surface area (Å²) >= 11 is 0. The third kappa shape index (κ3) is 4.67. The van der Waals surface area contributed by atoms with Crippen molar-refractivity contribution in [2.45, 2.75) is 38.9 Å². The lowest BCUT2D eigenvalue weighted by Crippen LogP contribution is -2.68. The molecule has 3 aliphatic heterocycles. The van der Waals surface area contributed by atoms with Crippen molar-refractivity contribution in [2.24, 2.45) is 5.92 Å². The van der Waals surface area contributed by atoms with Crippen LogP contribution in [0.1, 0.15) is 37.0 Å². The molecule has 0 aromatic carbocycles. The molecule has 39 heavy (non-hydrogen) atoms. The number of hydrogen-bond acceptors (Lipinski definition) is 7. The number of piperazine rings is 1. The summed E-state index contributed by atoms with van der Waals surface area (Å²) in [6, 6.07) is 10.6. The average molecular weight is 522 g/mol. The number of nitrogens with zero attached hydrogens (tertiary/aromatic N) is 7. The summed E-state index contributed by atoms with van der Waals surface area (Å²) in [5, 5.41) is 14.0. The molecule has 3 fully saturated rings. The van der Waals surface area contributed by atoms with Crippen molar-refractivity contribution in [1.82, 2.24) is 24.5 Å². The predicted molar refractivity (Wildman–Crippen MR) is 146 cm³/mol. The second kappa shape index (κ2) is 10.0. The highest BCUT2D eigenvalue weighted by molar-refractivity contribution is 5.85. The lowest BCUT2D eigenvalue weighted by atomic mass is 9.87. The number of rotatable bonds is 5. The van der Waals surface area contributed by atoms with E-state index in [1.807, 2.05) is 24.5 Å². The molecular weight excluding hydrogens is 493 g/mol. The van der Waals surface area contributed by atoms with Crippen molar-refractivity contribution in [3.63, 3.8) is 0 Å². The zero-order chi connectivity index (χ0) is 27.1. The Morgan fingerprint density at radius 1 is 1.13 bits per heavy atom. The molecule has 2 atom stereocenters. The Balaban J connectivity index is 1.21. The molecule has 0 amide bonds. The SMILES string of the molecule is COc1ncc(CN2C3CC2CN(c2ccc(-c4cc(C#CC(C)C)cn5ncc(C#N)c45)cn2)C3)cc1F. The minimum Gasteiger partial charge on any atom is -0.479 e. The number of aromatic nitrogens is 4. The van der Waals surface area contributed by atoms with Crippen LogP contribution in [0.2, 0.25) is 0 Å². The first-order chi connectivity index (χ1) is 18.9. The van der Waals surface area contributed by atoms with Crippen LogP contribution in [-0.2, 0) is 6.54 Å². The summed E-state index contributed by atoms with van der Waals surface area (Å²) in [5.41, 5.74) is 4.74. The molecule has 8 nitrogen and oxygen atoms in total. The van der Waals surface area contributed by atoms with E-state index in [4.69, 9.17) is 9.72 Å². The van der Waals surface area contributed by atoms with Gasteiger partial charge in [-0.25, -0.2) is 18.9 Å². The molecule has 4 aromatic heterocycles. The van der Waals surface area contributed by atoms with E-state index in [1.165, 1.54) is 13.2 Å². The molecule has 196 valence electrons. The average Bonchev–Trinajstić information content (AvgIpc) is 3.38. The van der Waals surface area contributed by atoms with Crippen LogP contribution < -0.4 is 9.64 Å². The van der Waals surface area contributed by atoms with E-state index in [9.17, 15) is 9.65 Å². The normalized spacial score (nSPS) is 18.4. The first kappa shape index (κ1) is 24.8. The van der Waals surface area contributed by atoms with Gasteiger partial charge in [-0.2, -0.15) is 10.4 Å². The highest BCUT2D eigenvalue weighted by Gasteiger charge is 2.44. The quantitative estimate of drug-likeness (QED) is 0.363. The van der Waals surface area contributed by atoms with Crippen molar-refractivity contribution in [1.29, 1.82) is 5.26 Å². The van der Waals surface area contributed by atoms with E-state index in [-0.39, 0.29) is 11.8 Å². The van der Waals surface area contributed by atoms with Crippen molar-refractivity contribution in [3.8, 4) is 34.9 Å². The number of anilines is 1. The Kier molecular flexibility index (Phi) is 6.38. The summed E-state index contributed by atoms with van der Waals surface area (Å²) < 4.78 is 20.8. The number of halogens is 1. The summed E-state index contributed by atoms with van der Waals surface area (Å²) in [6.07, 6.45) is 8.12. The third-order valence-corrected chi connectivity index (χ3v) is 7.39. The number of methoxy groups -OCH3 is 1. The molecular formula is C30H28FN7O. The van der Waals surface area contributed by atoms with Crippen LogP contribution in [0.25, 0.3) is 16.6 Å². The highest BCUT2D eigenvalue weighted by atomic mass is 19.1. The van der Waals surface area contributed by atoms with Gasteiger partial charge in [0.15, 0.2) is 5.82 Å². The van der Waals surface area contributed by atoms with Crippen molar-refractivity contribution in [3.05, 3.63) is 71.6 Å². The number of piperidine rings is 1. The van der Waals surface area contributed by atoms with E-state index in [0.29, 0.717) is 24.2 Å². The summed E-state index contributed by atoms with van der Waals surface area (Å²) in [4.78, 5) is 13.6. The standard InChI is InChI=1S/C30H28FN7O/c1-19(2)4-5-20-8-26(29-23(11-32)14-35-38(29)16-20)22-6-7-28(33-13-22)36-17-24-10-25(18-36)37(24)15-21-9-27(31)30(39-3)34-12-21/h6-9,12-14,16,19,24-25H,10,15,17-18H2,1-3H3. The first-order valence-electron chi connectivity index (χ1n) is 13.0. The number of fused-ring (bicyclic) bond motifs is 3. The fraction of sp³-hybridized carbons (Fsp3) is 0.333. The molecule has 7 rings (SSSR count). The predicted octanol–water partition coefficient (Wildman–Crippen LogP) is 4.28. The summed E-state index contributed by atoms with van der Waals surface area (Å²) in [6.45, 7) is 6.50. The molecule has 4 aromatic rings. The van der Waals surface area contributed by atoms with Gasteiger partial charge < -0.3 is 9.64 Å². The molecule has 0 aliphatic carbocycles. The second-order valence-electron chi connectivity index (χ2n) is 10.4. The van der Waals surface area contributed by atoms with Crippen molar-refractivity contribution >= 4 is 11.3 Å².